The van der Waals surface area contributed by atoms with Crippen LogP contribution in [0.5, 0.6) is 0 Å². The first kappa shape index (κ1) is 21.3. The van der Waals surface area contributed by atoms with Crippen LogP contribution in [0.4, 0.5) is 0 Å². The average molecular weight is 419 g/mol. The number of ether oxygens (including phenoxy) is 1. The fourth-order valence-corrected chi connectivity index (χ4v) is 6.71. The number of amides is 3. The minimum atomic E-state index is -0.587. The van der Waals surface area contributed by atoms with Crippen LogP contribution in [-0.4, -0.2) is 36.8 Å². The second kappa shape index (κ2) is 9.06. The number of esters is 1. The predicted octanol–water partition coefficient (Wildman–Crippen LogP) is 2.48. The number of nitrogens with one attached hydrogen (secondary N) is 2. The summed E-state index contributed by atoms with van der Waals surface area (Å²) in [6.45, 7) is -0.234. The molecule has 30 heavy (non-hydrogen) atoms. The molecule has 5 aliphatic carbocycles. The smallest absolute Gasteiger partial charge is 0.308 e. The minimum Gasteiger partial charge on any atom is -0.456 e. The van der Waals surface area contributed by atoms with Gasteiger partial charge < -0.3 is 10.1 Å². The summed E-state index contributed by atoms with van der Waals surface area (Å²) in [6.07, 6.45) is 11.6. The van der Waals surface area contributed by atoms with Crippen LogP contribution in [-0.2, 0) is 23.9 Å². The molecule has 0 aromatic heterocycles. The van der Waals surface area contributed by atoms with Crippen LogP contribution in [0.2, 0.25) is 0 Å². The maximum absolute atomic E-state index is 12.9. The molecular formula is C23H34N2O5. The third kappa shape index (κ3) is 4.86. The molecule has 4 bridgehead atoms. The van der Waals surface area contributed by atoms with Gasteiger partial charge in [-0.15, -0.1) is 0 Å². The van der Waals surface area contributed by atoms with Crippen molar-refractivity contribution in [1.29, 1.82) is 0 Å². The molecular weight excluding hydrogens is 384 g/mol. The van der Waals surface area contributed by atoms with Gasteiger partial charge in [-0.2, -0.15) is 0 Å². The van der Waals surface area contributed by atoms with Crippen LogP contribution in [0.25, 0.3) is 0 Å². The molecule has 0 aromatic carbocycles. The SMILES string of the molecule is O=C(COC(=O)CCNC(=O)C12CC3CC(CC(C3)C1)C2)NC(=O)C1CCCCC1. The highest BCUT2D eigenvalue weighted by Gasteiger charge is 2.54. The first-order chi connectivity index (χ1) is 14.4. The molecule has 0 unspecified atom stereocenters. The van der Waals surface area contributed by atoms with Gasteiger partial charge in [-0.25, -0.2) is 0 Å². The van der Waals surface area contributed by atoms with Crippen LogP contribution < -0.4 is 10.6 Å². The summed E-state index contributed by atoms with van der Waals surface area (Å²) in [5.74, 6) is 0.671. The van der Waals surface area contributed by atoms with E-state index in [1.807, 2.05) is 0 Å². The van der Waals surface area contributed by atoms with E-state index in [9.17, 15) is 19.2 Å². The highest BCUT2D eigenvalue weighted by Crippen LogP contribution is 2.60. The lowest BCUT2D eigenvalue weighted by Crippen LogP contribution is -2.53. The second-order valence-electron chi connectivity index (χ2n) is 10.1. The molecule has 3 amide bonds. The molecule has 5 saturated carbocycles. The summed E-state index contributed by atoms with van der Waals surface area (Å²) in [4.78, 5) is 48.7. The van der Waals surface area contributed by atoms with Gasteiger partial charge in [0.25, 0.3) is 5.91 Å². The Morgan fingerprint density at radius 2 is 1.47 bits per heavy atom. The lowest BCUT2D eigenvalue weighted by Gasteiger charge is -2.55. The Morgan fingerprint density at radius 3 is 2.07 bits per heavy atom. The maximum Gasteiger partial charge on any atom is 0.308 e. The summed E-state index contributed by atoms with van der Waals surface area (Å²) >= 11 is 0. The Bertz CT molecular complexity index is 662. The van der Waals surface area contributed by atoms with E-state index >= 15 is 0 Å². The van der Waals surface area contributed by atoms with E-state index in [0.29, 0.717) is 17.8 Å². The van der Waals surface area contributed by atoms with Crippen molar-refractivity contribution in [3.8, 4) is 0 Å². The van der Waals surface area contributed by atoms with Crippen molar-refractivity contribution in [2.24, 2.45) is 29.1 Å². The standard InChI is InChI=1S/C23H34N2O5/c26-19(25-21(28)18-4-2-1-3-5-18)14-30-20(27)6-7-24-22(29)23-11-15-8-16(12-23)10-17(9-15)13-23/h15-18H,1-14H2,(H,24,29)(H,25,26,28). The van der Waals surface area contributed by atoms with Crippen molar-refractivity contribution in [2.75, 3.05) is 13.2 Å². The topological polar surface area (TPSA) is 102 Å². The van der Waals surface area contributed by atoms with Crippen LogP contribution in [0.1, 0.15) is 77.0 Å². The molecule has 0 aliphatic heterocycles. The first-order valence-corrected chi connectivity index (χ1v) is 11.7. The Balaban J connectivity index is 1.13. The Hall–Kier alpha value is -1.92. The predicted molar refractivity (Wildman–Crippen MR) is 109 cm³/mol. The molecule has 0 spiro atoms. The van der Waals surface area contributed by atoms with Crippen LogP contribution in [0.15, 0.2) is 0 Å². The van der Waals surface area contributed by atoms with E-state index in [4.69, 9.17) is 4.74 Å². The van der Waals surface area contributed by atoms with Gasteiger partial charge in [-0.3, -0.25) is 24.5 Å². The summed E-state index contributed by atoms with van der Waals surface area (Å²) < 4.78 is 4.97. The molecule has 5 fully saturated rings. The number of imide groups is 1. The summed E-state index contributed by atoms with van der Waals surface area (Å²) in [5.41, 5.74) is -0.224. The molecule has 0 saturated heterocycles. The zero-order chi connectivity index (χ0) is 21.1. The summed E-state index contributed by atoms with van der Waals surface area (Å²) in [5, 5.41) is 5.27. The molecule has 0 atom stereocenters. The van der Waals surface area contributed by atoms with Crippen molar-refractivity contribution in [3.63, 3.8) is 0 Å². The van der Waals surface area contributed by atoms with Gasteiger partial charge in [0.05, 0.1) is 6.42 Å². The van der Waals surface area contributed by atoms with Crippen molar-refractivity contribution < 1.29 is 23.9 Å². The third-order valence-electron chi connectivity index (χ3n) is 7.74. The molecule has 7 heteroatoms. The molecule has 0 heterocycles. The normalized spacial score (nSPS) is 32.5. The fourth-order valence-electron chi connectivity index (χ4n) is 6.71. The van der Waals surface area contributed by atoms with Crippen LogP contribution in [0, 0.1) is 29.1 Å². The molecule has 7 nitrogen and oxygen atoms in total. The highest BCUT2D eigenvalue weighted by atomic mass is 16.5. The molecule has 0 aromatic rings. The van der Waals surface area contributed by atoms with Gasteiger partial charge in [0.15, 0.2) is 6.61 Å². The zero-order valence-corrected chi connectivity index (χ0v) is 17.8. The van der Waals surface area contributed by atoms with Crippen molar-refractivity contribution in [1.82, 2.24) is 10.6 Å². The quantitative estimate of drug-likeness (QED) is 0.619. The molecule has 5 rings (SSSR count). The van der Waals surface area contributed by atoms with E-state index in [0.717, 1.165) is 51.4 Å². The third-order valence-corrected chi connectivity index (χ3v) is 7.74. The van der Waals surface area contributed by atoms with E-state index in [1.54, 1.807) is 0 Å². The Labute approximate surface area is 178 Å². The fraction of sp³-hybridized carbons (Fsp3) is 0.826. The molecule has 0 radical (unpaired) electrons. The highest BCUT2D eigenvalue weighted by molar-refractivity contribution is 5.97. The monoisotopic (exact) mass is 418 g/mol. The number of rotatable bonds is 7. The summed E-state index contributed by atoms with van der Waals surface area (Å²) in [7, 11) is 0. The second-order valence-corrected chi connectivity index (χ2v) is 10.1. The van der Waals surface area contributed by atoms with Gasteiger partial charge in [0, 0.05) is 17.9 Å². The van der Waals surface area contributed by atoms with Gasteiger partial charge in [-0.05, 0) is 69.1 Å². The minimum absolute atomic E-state index is 0.0297. The molecule has 2 N–H and O–H groups in total. The van der Waals surface area contributed by atoms with Crippen LogP contribution >= 0.6 is 0 Å². The van der Waals surface area contributed by atoms with Crippen molar-refractivity contribution in [2.45, 2.75) is 77.0 Å². The number of carbonyl (C=O) groups excluding carboxylic acids is 4. The van der Waals surface area contributed by atoms with E-state index < -0.39 is 18.5 Å². The Morgan fingerprint density at radius 1 is 0.867 bits per heavy atom. The van der Waals surface area contributed by atoms with Crippen molar-refractivity contribution in [3.05, 3.63) is 0 Å². The maximum atomic E-state index is 12.9. The summed E-state index contributed by atoms with van der Waals surface area (Å²) in [6, 6.07) is 0. The number of carbonyl (C=O) groups is 4. The van der Waals surface area contributed by atoms with Gasteiger partial charge in [0.1, 0.15) is 0 Å². The zero-order valence-electron chi connectivity index (χ0n) is 17.8. The first-order valence-electron chi connectivity index (χ1n) is 11.7. The van der Waals surface area contributed by atoms with Gasteiger partial charge in [0.2, 0.25) is 11.8 Å². The number of hydrogen-bond donors (Lipinski definition) is 2. The van der Waals surface area contributed by atoms with E-state index in [1.165, 1.54) is 19.3 Å². The average Bonchev–Trinajstić information content (AvgIpc) is 2.72. The molecule has 166 valence electrons. The largest absolute Gasteiger partial charge is 0.456 e. The lowest BCUT2D eigenvalue weighted by atomic mass is 9.49. The van der Waals surface area contributed by atoms with E-state index in [2.05, 4.69) is 10.6 Å². The Kier molecular flexibility index (Phi) is 6.44. The van der Waals surface area contributed by atoms with Crippen LogP contribution in [0.3, 0.4) is 0 Å². The number of hydrogen-bond acceptors (Lipinski definition) is 5. The van der Waals surface area contributed by atoms with Gasteiger partial charge in [-0.1, -0.05) is 19.3 Å². The van der Waals surface area contributed by atoms with Crippen molar-refractivity contribution >= 4 is 23.7 Å². The molecule has 5 aliphatic rings. The lowest BCUT2D eigenvalue weighted by molar-refractivity contribution is -0.150. The van der Waals surface area contributed by atoms with E-state index in [-0.39, 0.29) is 36.1 Å². The van der Waals surface area contributed by atoms with Gasteiger partial charge >= 0.3 is 5.97 Å².